The van der Waals surface area contributed by atoms with Gasteiger partial charge in [-0.25, -0.2) is 9.13 Å². The van der Waals surface area contributed by atoms with Gasteiger partial charge in [-0.3, -0.25) is 37.3 Å². The van der Waals surface area contributed by atoms with Crippen LogP contribution in [-0.2, 0) is 65.4 Å². The molecule has 0 rings (SSSR count). The summed E-state index contributed by atoms with van der Waals surface area (Å²) in [6, 6.07) is 0. The van der Waals surface area contributed by atoms with Crippen LogP contribution in [0.4, 0.5) is 0 Å². The molecule has 19 heteroatoms. The fraction of sp³-hybridized carbons (Fsp3) is 0.949. The Morgan fingerprint density at radius 3 is 0.639 bits per heavy atom. The molecule has 97 heavy (non-hydrogen) atoms. The van der Waals surface area contributed by atoms with Gasteiger partial charge >= 0.3 is 39.5 Å². The molecule has 0 spiro atoms. The number of esters is 4. The first-order chi connectivity index (χ1) is 46.6. The van der Waals surface area contributed by atoms with Crippen molar-refractivity contribution in [1.29, 1.82) is 0 Å². The average Bonchev–Trinajstić information content (AvgIpc) is 1.26. The monoisotopic (exact) mass is 1420 g/mol. The van der Waals surface area contributed by atoms with Crippen molar-refractivity contribution in [2.24, 2.45) is 23.7 Å². The molecule has 3 N–H and O–H groups in total. The summed E-state index contributed by atoms with van der Waals surface area (Å²) in [7, 11) is -9.92. The maximum atomic E-state index is 13.1. The molecule has 0 bridgehead atoms. The second-order valence-corrected chi connectivity index (χ2v) is 32.9. The number of hydrogen-bond acceptors (Lipinski definition) is 15. The molecule has 3 unspecified atom stereocenters. The minimum Gasteiger partial charge on any atom is -0.462 e. The summed E-state index contributed by atoms with van der Waals surface area (Å²) in [6.45, 7) is 14.2. The lowest BCUT2D eigenvalue weighted by atomic mass is 10.0. The van der Waals surface area contributed by atoms with E-state index in [1.54, 1.807) is 0 Å². The highest BCUT2D eigenvalue weighted by atomic mass is 31.2. The maximum Gasteiger partial charge on any atom is 0.472 e. The molecule has 17 nitrogen and oxygen atoms in total. The normalized spacial score (nSPS) is 14.1. The van der Waals surface area contributed by atoms with E-state index in [0.717, 1.165) is 114 Å². The van der Waals surface area contributed by atoms with Gasteiger partial charge in [0.2, 0.25) is 0 Å². The van der Waals surface area contributed by atoms with Crippen molar-refractivity contribution >= 4 is 39.5 Å². The van der Waals surface area contributed by atoms with E-state index in [4.69, 9.17) is 37.0 Å². The molecule has 0 radical (unpaired) electrons. The van der Waals surface area contributed by atoms with Crippen LogP contribution in [0.1, 0.15) is 396 Å². The van der Waals surface area contributed by atoms with Crippen LogP contribution in [0.5, 0.6) is 0 Å². The number of ether oxygens (including phenoxy) is 4. The van der Waals surface area contributed by atoms with E-state index >= 15 is 0 Å². The van der Waals surface area contributed by atoms with Crippen LogP contribution < -0.4 is 0 Å². The van der Waals surface area contributed by atoms with Gasteiger partial charge in [-0.2, -0.15) is 0 Å². The molecular formula is C78H152O17P2. The van der Waals surface area contributed by atoms with Crippen LogP contribution >= 0.6 is 15.6 Å². The van der Waals surface area contributed by atoms with Crippen LogP contribution in [0.15, 0.2) is 0 Å². The first kappa shape index (κ1) is 95.1. The Hall–Kier alpha value is -1.94. The Morgan fingerprint density at radius 2 is 0.433 bits per heavy atom. The summed E-state index contributed by atoms with van der Waals surface area (Å²) in [5.41, 5.74) is 0. The van der Waals surface area contributed by atoms with Gasteiger partial charge in [0.1, 0.15) is 19.3 Å². The third-order valence-corrected chi connectivity index (χ3v) is 20.0. The minimum atomic E-state index is -4.96. The summed E-state index contributed by atoms with van der Waals surface area (Å²) in [5.74, 6) is 0.920. The molecule has 0 aromatic heterocycles. The molecule has 0 aliphatic rings. The summed E-state index contributed by atoms with van der Waals surface area (Å²) in [5, 5.41) is 10.6. The van der Waals surface area contributed by atoms with Crippen LogP contribution in [-0.4, -0.2) is 96.7 Å². The Balaban J connectivity index is 5.23. The first-order valence-corrected chi connectivity index (χ1v) is 43.2. The van der Waals surface area contributed by atoms with Crippen LogP contribution in [0.3, 0.4) is 0 Å². The number of aliphatic hydroxyl groups excluding tert-OH is 1. The van der Waals surface area contributed by atoms with E-state index in [1.807, 2.05) is 0 Å². The van der Waals surface area contributed by atoms with Gasteiger partial charge in [0, 0.05) is 25.7 Å². The zero-order valence-electron chi connectivity index (χ0n) is 63.7. The third-order valence-electron chi connectivity index (χ3n) is 18.1. The van der Waals surface area contributed by atoms with Gasteiger partial charge in [-0.05, 0) is 49.4 Å². The Bertz CT molecular complexity index is 1900. The standard InChI is InChI=1S/C78H152O17P2/c1-68(2)54-46-38-30-24-18-13-10-9-11-15-21-28-34-44-52-60-78(83)95-74(65-89-76(81)59-51-43-37-36-41-49-57-71(7)8)67-93-97(86,87)91-63-72(79)62-90-96(84,85)92-66-73(64-88-75(80)58-50-42-33-27-23-17-20-26-32-40-48-56-70(5)6)94-77(82)61-53-45-35-29-22-16-12-14-19-25-31-39-47-55-69(3)4/h68-74,79H,9-67H2,1-8H3,(H,84,85)(H,86,87)/t72?,73-,74-/m1/s1. The van der Waals surface area contributed by atoms with E-state index in [-0.39, 0.29) is 25.7 Å². The quantitative estimate of drug-likeness (QED) is 0.0222. The average molecular weight is 1420 g/mol. The van der Waals surface area contributed by atoms with Crippen LogP contribution in [0, 0.1) is 23.7 Å². The highest BCUT2D eigenvalue weighted by molar-refractivity contribution is 7.47. The molecule has 0 aromatic rings. The molecule has 0 heterocycles. The number of hydrogen-bond donors (Lipinski definition) is 3. The van der Waals surface area contributed by atoms with Crippen LogP contribution in [0.2, 0.25) is 0 Å². The Morgan fingerprint density at radius 1 is 0.258 bits per heavy atom. The van der Waals surface area contributed by atoms with E-state index in [2.05, 4.69) is 55.4 Å². The Labute approximate surface area is 594 Å². The van der Waals surface area contributed by atoms with Crippen molar-refractivity contribution in [1.82, 2.24) is 0 Å². The predicted molar refractivity (Wildman–Crippen MR) is 395 cm³/mol. The second-order valence-electron chi connectivity index (χ2n) is 30.0. The van der Waals surface area contributed by atoms with Crippen molar-refractivity contribution in [2.75, 3.05) is 39.6 Å². The molecule has 576 valence electrons. The van der Waals surface area contributed by atoms with Crippen molar-refractivity contribution < 1.29 is 80.2 Å². The van der Waals surface area contributed by atoms with E-state index in [9.17, 15) is 43.2 Å². The van der Waals surface area contributed by atoms with Gasteiger partial charge in [0.15, 0.2) is 12.2 Å². The second kappa shape index (κ2) is 67.2. The molecule has 0 amide bonds. The molecule has 0 aliphatic heterocycles. The van der Waals surface area contributed by atoms with Gasteiger partial charge in [0.05, 0.1) is 26.4 Å². The lowest BCUT2D eigenvalue weighted by Gasteiger charge is -2.21. The maximum absolute atomic E-state index is 13.1. The molecule has 0 fully saturated rings. The lowest BCUT2D eigenvalue weighted by molar-refractivity contribution is -0.161. The van der Waals surface area contributed by atoms with Gasteiger partial charge in [0.25, 0.3) is 0 Å². The number of carbonyl (C=O) groups excluding carboxylic acids is 4. The number of phosphoric acid groups is 2. The van der Waals surface area contributed by atoms with Crippen molar-refractivity contribution in [3.63, 3.8) is 0 Å². The van der Waals surface area contributed by atoms with Crippen molar-refractivity contribution in [2.45, 2.75) is 414 Å². The molecule has 0 saturated heterocycles. The van der Waals surface area contributed by atoms with Gasteiger partial charge < -0.3 is 33.8 Å². The molecule has 0 aliphatic carbocycles. The van der Waals surface area contributed by atoms with E-state index < -0.39 is 97.5 Å². The molecule has 5 atom stereocenters. The fourth-order valence-corrected chi connectivity index (χ4v) is 13.5. The zero-order valence-corrected chi connectivity index (χ0v) is 65.5. The SMILES string of the molecule is CC(C)CCCCCCCCCCCCCCCCCC(=O)O[C@H](COC(=O)CCCCCCCCC(C)C)COP(=O)(O)OCC(O)COP(=O)(O)OC[C@@H](COC(=O)CCCCCCCCCCCCCC(C)C)OC(=O)CCCCCCCCCCCCCCCC(C)C. The zero-order chi connectivity index (χ0) is 71.7. The summed E-state index contributed by atoms with van der Waals surface area (Å²) in [4.78, 5) is 72.9. The molecule has 0 aromatic carbocycles. The number of unbranched alkanes of at least 4 members (excludes halogenated alkanes) is 41. The third kappa shape index (κ3) is 72.2. The van der Waals surface area contributed by atoms with Crippen molar-refractivity contribution in [3.8, 4) is 0 Å². The molecular weight excluding hydrogens is 1270 g/mol. The van der Waals surface area contributed by atoms with Crippen molar-refractivity contribution in [3.05, 3.63) is 0 Å². The topological polar surface area (TPSA) is 237 Å². The number of aliphatic hydroxyl groups is 1. The van der Waals surface area contributed by atoms with E-state index in [1.165, 1.54) is 193 Å². The summed E-state index contributed by atoms with van der Waals surface area (Å²) < 4.78 is 68.6. The summed E-state index contributed by atoms with van der Waals surface area (Å²) in [6.07, 6.45) is 52.8. The number of phosphoric ester groups is 2. The fourth-order valence-electron chi connectivity index (χ4n) is 11.9. The van der Waals surface area contributed by atoms with E-state index in [0.29, 0.717) is 31.6 Å². The predicted octanol–water partition coefficient (Wildman–Crippen LogP) is 22.8. The Kier molecular flexibility index (Phi) is 65.9. The highest BCUT2D eigenvalue weighted by Crippen LogP contribution is 2.45. The highest BCUT2D eigenvalue weighted by Gasteiger charge is 2.30. The van der Waals surface area contributed by atoms with Gasteiger partial charge in [-0.1, -0.05) is 344 Å². The van der Waals surface area contributed by atoms with Gasteiger partial charge in [-0.15, -0.1) is 0 Å². The first-order valence-electron chi connectivity index (χ1n) is 40.2. The number of carbonyl (C=O) groups is 4. The minimum absolute atomic E-state index is 0.106. The summed E-state index contributed by atoms with van der Waals surface area (Å²) >= 11 is 0. The smallest absolute Gasteiger partial charge is 0.462 e. The largest absolute Gasteiger partial charge is 0.472 e. The van der Waals surface area contributed by atoms with Crippen LogP contribution in [0.25, 0.3) is 0 Å². The lowest BCUT2D eigenvalue weighted by Crippen LogP contribution is -2.30. The number of rotatable bonds is 75. The molecule has 0 saturated carbocycles.